The zero-order valence-corrected chi connectivity index (χ0v) is 8.34. The van der Waals surface area contributed by atoms with Crippen molar-refractivity contribution in [3.05, 3.63) is 29.3 Å². The zero-order valence-electron chi connectivity index (χ0n) is 8.34. The molecular weight excluding hydrogens is 225 g/mol. The lowest BCUT2D eigenvalue weighted by Crippen LogP contribution is -2.10. The number of carbonyl (C=O) groups is 1. The van der Waals surface area contributed by atoms with Crippen LogP contribution in [-0.4, -0.2) is 17.7 Å². The highest BCUT2D eigenvalue weighted by Crippen LogP contribution is 2.37. The van der Waals surface area contributed by atoms with Crippen molar-refractivity contribution in [2.45, 2.75) is 13.1 Å². The second-order valence-electron chi connectivity index (χ2n) is 2.92. The van der Waals surface area contributed by atoms with Crippen molar-refractivity contribution in [3.63, 3.8) is 0 Å². The summed E-state index contributed by atoms with van der Waals surface area (Å²) in [5.74, 6) is -2.08. The molecule has 0 spiro atoms. The molecule has 3 nitrogen and oxygen atoms in total. The number of alkyl halides is 3. The van der Waals surface area contributed by atoms with Crippen LogP contribution in [0.25, 0.3) is 0 Å². The number of hydrogen-bond acceptors (Lipinski definition) is 3. The molecule has 0 radical (unpaired) electrons. The summed E-state index contributed by atoms with van der Waals surface area (Å²) in [5.41, 5.74) is -1.74. The Morgan fingerprint density at radius 1 is 1.44 bits per heavy atom. The van der Waals surface area contributed by atoms with Gasteiger partial charge in [-0.05, 0) is 19.1 Å². The van der Waals surface area contributed by atoms with Crippen LogP contribution in [0, 0.1) is 0 Å². The third-order valence-electron chi connectivity index (χ3n) is 1.84. The van der Waals surface area contributed by atoms with E-state index in [0.717, 1.165) is 12.1 Å². The van der Waals surface area contributed by atoms with E-state index < -0.39 is 29.0 Å². The van der Waals surface area contributed by atoms with Crippen LogP contribution in [0.1, 0.15) is 22.8 Å². The van der Waals surface area contributed by atoms with Gasteiger partial charge in [-0.2, -0.15) is 13.2 Å². The van der Waals surface area contributed by atoms with Crippen molar-refractivity contribution in [2.75, 3.05) is 6.61 Å². The molecule has 1 aromatic carbocycles. The molecule has 1 rings (SSSR count). The molecule has 0 bridgehead atoms. The first-order chi connectivity index (χ1) is 7.38. The Morgan fingerprint density at radius 3 is 2.56 bits per heavy atom. The van der Waals surface area contributed by atoms with Crippen molar-refractivity contribution < 1.29 is 27.8 Å². The van der Waals surface area contributed by atoms with E-state index in [-0.39, 0.29) is 6.61 Å². The molecule has 0 aliphatic rings. The maximum atomic E-state index is 12.4. The number of rotatable bonds is 2. The van der Waals surface area contributed by atoms with Gasteiger partial charge in [0.05, 0.1) is 12.2 Å². The maximum Gasteiger partial charge on any atom is 0.419 e. The van der Waals surface area contributed by atoms with Crippen molar-refractivity contribution in [2.24, 2.45) is 0 Å². The fourth-order valence-corrected chi connectivity index (χ4v) is 1.15. The molecule has 0 amide bonds. The highest BCUT2D eigenvalue weighted by molar-refractivity contribution is 5.92. The molecule has 0 saturated heterocycles. The Morgan fingerprint density at radius 2 is 2.06 bits per heavy atom. The van der Waals surface area contributed by atoms with Crippen LogP contribution in [0.2, 0.25) is 0 Å². The van der Waals surface area contributed by atoms with E-state index >= 15 is 0 Å². The van der Waals surface area contributed by atoms with Gasteiger partial charge in [-0.1, -0.05) is 6.07 Å². The second-order valence-corrected chi connectivity index (χ2v) is 2.92. The lowest BCUT2D eigenvalue weighted by atomic mass is 10.1. The largest absolute Gasteiger partial charge is 0.506 e. The molecule has 0 aliphatic heterocycles. The van der Waals surface area contributed by atoms with Gasteiger partial charge in [-0.15, -0.1) is 0 Å². The predicted octanol–water partition coefficient (Wildman–Crippen LogP) is 2.59. The standard InChI is InChI=1S/C10H9F3O3/c1-2-16-9(15)6-4-3-5-7(8(6)14)10(11,12)13/h3-5,14H,2H2,1H3. The van der Waals surface area contributed by atoms with Gasteiger partial charge >= 0.3 is 12.1 Å². The van der Waals surface area contributed by atoms with Crippen LogP contribution in [0.15, 0.2) is 18.2 Å². The molecule has 0 atom stereocenters. The molecule has 0 aromatic heterocycles. The molecule has 0 saturated carbocycles. The number of halogens is 3. The number of phenolic OH excluding ortho intramolecular Hbond substituents is 1. The molecular formula is C10H9F3O3. The Balaban J connectivity index is 3.19. The normalized spacial score (nSPS) is 11.2. The Bertz CT molecular complexity index is 399. The molecule has 88 valence electrons. The number of phenols is 1. The van der Waals surface area contributed by atoms with Crippen molar-refractivity contribution in [1.82, 2.24) is 0 Å². The minimum Gasteiger partial charge on any atom is -0.506 e. The number of hydrogen-bond donors (Lipinski definition) is 1. The van der Waals surface area contributed by atoms with Crippen molar-refractivity contribution in [1.29, 1.82) is 0 Å². The number of benzene rings is 1. The average molecular weight is 234 g/mol. The smallest absolute Gasteiger partial charge is 0.419 e. The van der Waals surface area contributed by atoms with Gasteiger partial charge in [0.15, 0.2) is 0 Å². The van der Waals surface area contributed by atoms with E-state index in [1.54, 1.807) is 0 Å². The number of esters is 1. The van der Waals surface area contributed by atoms with Crippen LogP contribution < -0.4 is 0 Å². The van der Waals surface area contributed by atoms with E-state index in [2.05, 4.69) is 4.74 Å². The predicted molar refractivity (Wildman–Crippen MR) is 49.1 cm³/mol. The van der Waals surface area contributed by atoms with Crippen LogP contribution in [0.3, 0.4) is 0 Å². The molecule has 1 N–H and O–H groups in total. The lowest BCUT2D eigenvalue weighted by Gasteiger charge is -2.11. The average Bonchev–Trinajstić information content (AvgIpc) is 2.16. The van der Waals surface area contributed by atoms with Crippen LogP contribution in [0.4, 0.5) is 13.2 Å². The number of carbonyl (C=O) groups excluding carboxylic acids is 1. The quantitative estimate of drug-likeness (QED) is 0.800. The zero-order chi connectivity index (χ0) is 12.3. The fraction of sp³-hybridized carbons (Fsp3) is 0.300. The maximum absolute atomic E-state index is 12.4. The first-order valence-corrected chi connectivity index (χ1v) is 4.44. The van der Waals surface area contributed by atoms with E-state index in [9.17, 15) is 23.1 Å². The second kappa shape index (κ2) is 4.42. The van der Waals surface area contributed by atoms with Gasteiger partial charge in [0, 0.05) is 0 Å². The Kier molecular flexibility index (Phi) is 3.41. The van der Waals surface area contributed by atoms with Gasteiger partial charge in [-0.3, -0.25) is 0 Å². The minimum atomic E-state index is -4.70. The highest BCUT2D eigenvalue weighted by Gasteiger charge is 2.35. The number of aromatic hydroxyl groups is 1. The first kappa shape index (κ1) is 12.4. The highest BCUT2D eigenvalue weighted by atomic mass is 19.4. The van der Waals surface area contributed by atoms with Gasteiger partial charge in [0.1, 0.15) is 11.3 Å². The van der Waals surface area contributed by atoms with E-state index in [1.807, 2.05) is 0 Å². The molecule has 6 heteroatoms. The molecule has 0 heterocycles. The van der Waals surface area contributed by atoms with Gasteiger partial charge in [0.25, 0.3) is 0 Å². The van der Waals surface area contributed by atoms with Gasteiger partial charge in [-0.25, -0.2) is 4.79 Å². The van der Waals surface area contributed by atoms with E-state index in [1.165, 1.54) is 6.92 Å². The summed E-state index contributed by atoms with van der Waals surface area (Å²) in [6.07, 6.45) is -4.70. The molecule has 0 fully saturated rings. The Hall–Kier alpha value is -1.72. The molecule has 0 aliphatic carbocycles. The first-order valence-electron chi connectivity index (χ1n) is 4.44. The van der Waals surface area contributed by atoms with Crippen LogP contribution in [0.5, 0.6) is 5.75 Å². The van der Waals surface area contributed by atoms with Crippen LogP contribution in [-0.2, 0) is 10.9 Å². The van der Waals surface area contributed by atoms with Crippen LogP contribution >= 0.6 is 0 Å². The van der Waals surface area contributed by atoms with Crippen molar-refractivity contribution >= 4 is 5.97 Å². The summed E-state index contributed by atoms with van der Waals surface area (Å²) in [7, 11) is 0. The summed E-state index contributed by atoms with van der Waals surface area (Å²) in [6, 6.07) is 2.80. The lowest BCUT2D eigenvalue weighted by molar-refractivity contribution is -0.138. The minimum absolute atomic E-state index is 0.0223. The van der Waals surface area contributed by atoms with Gasteiger partial charge < -0.3 is 9.84 Å². The number of para-hydroxylation sites is 1. The summed E-state index contributed by atoms with van der Waals surface area (Å²) in [4.78, 5) is 11.2. The monoisotopic (exact) mass is 234 g/mol. The van der Waals surface area contributed by atoms with Gasteiger partial charge in [0.2, 0.25) is 0 Å². The van der Waals surface area contributed by atoms with E-state index in [0.29, 0.717) is 6.07 Å². The number of ether oxygens (including phenoxy) is 1. The van der Waals surface area contributed by atoms with Crippen molar-refractivity contribution in [3.8, 4) is 5.75 Å². The Labute approximate surface area is 89.5 Å². The summed E-state index contributed by atoms with van der Waals surface area (Å²) < 4.78 is 41.6. The third-order valence-corrected chi connectivity index (χ3v) is 1.84. The summed E-state index contributed by atoms with van der Waals surface area (Å²) in [6.45, 7) is 1.54. The summed E-state index contributed by atoms with van der Waals surface area (Å²) >= 11 is 0. The third kappa shape index (κ3) is 2.44. The molecule has 0 unspecified atom stereocenters. The molecule has 1 aromatic rings. The summed E-state index contributed by atoms with van der Waals surface area (Å²) in [5, 5.41) is 9.30. The SMILES string of the molecule is CCOC(=O)c1cccc(C(F)(F)F)c1O. The molecule has 16 heavy (non-hydrogen) atoms. The fourth-order valence-electron chi connectivity index (χ4n) is 1.15. The topological polar surface area (TPSA) is 46.5 Å². The van der Waals surface area contributed by atoms with E-state index in [4.69, 9.17) is 0 Å².